The van der Waals surface area contributed by atoms with Crippen LogP contribution in [0.2, 0.25) is 0 Å². The molecule has 1 aromatic heterocycles. The van der Waals surface area contributed by atoms with Crippen molar-refractivity contribution in [1.29, 1.82) is 0 Å². The van der Waals surface area contributed by atoms with E-state index in [2.05, 4.69) is 10.1 Å². The minimum absolute atomic E-state index is 0.120. The Morgan fingerprint density at radius 2 is 2.21 bits per heavy atom. The van der Waals surface area contributed by atoms with Crippen LogP contribution in [0.3, 0.4) is 0 Å². The van der Waals surface area contributed by atoms with E-state index in [0.29, 0.717) is 6.54 Å². The number of imidazole rings is 1. The Balaban J connectivity index is 2.83. The van der Waals surface area contributed by atoms with E-state index < -0.39 is 0 Å². The van der Waals surface area contributed by atoms with Crippen molar-refractivity contribution in [2.24, 2.45) is 10.6 Å². The highest BCUT2D eigenvalue weighted by atomic mass is 16.4. The molecule has 0 atom stereocenters. The molecule has 0 amide bonds. The van der Waals surface area contributed by atoms with E-state index in [0.717, 1.165) is 11.5 Å². The molecule has 0 saturated carbocycles. The molecule has 4 heteroatoms. The van der Waals surface area contributed by atoms with Gasteiger partial charge in [-0.25, -0.2) is 4.98 Å². The third kappa shape index (κ3) is 2.34. The molecule has 0 radical (unpaired) electrons. The van der Waals surface area contributed by atoms with E-state index in [1.54, 1.807) is 6.20 Å². The maximum Gasteiger partial charge on any atom is 0.105 e. The summed E-state index contributed by atoms with van der Waals surface area (Å²) < 4.78 is 1.96. The molecule has 4 nitrogen and oxygen atoms in total. The van der Waals surface area contributed by atoms with Gasteiger partial charge in [0.2, 0.25) is 0 Å². The van der Waals surface area contributed by atoms with Crippen LogP contribution in [-0.4, -0.2) is 20.5 Å². The van der Waals surface area contributed by atoms with E-state index in [-0.39, 0.29) is 5.41 Å². The number of hydrogen-bond donors (Lipinski definition) is 1. The first kappa shape index (κ1) is 10.8. The van der Waals surface area contributed by atoms with Crippen LogP contribution >= 0.6 is 0 Å². The number of rotatable bonds is 2. The number of hydrogen-bond acceptors (Lipinski definition) is 3. The van der Waals surface area contributed by atoms with Crippen molar-refractivity contribution in [2.45, 2.75) is 34.2 Å². The van der Waals surface area contributed by atoms with Crippen LogP contribution in [0.4, 0.5) is 0 Å². The quantitative estimate of drug-likeness (QED) is 0.446. The zero-order valence-corrected chi connectivity index (χ0v) is 9.15. The van der Waals surface area contributed by atoms with E-state index in [4.69, 9.17) is 5.21 Å². The molecule has 0 aliphatic rings. The molecule has 0 aliphatic heterocycles. The van der Waals surface area contributed by atoms with Crippen LogP contribution < -0.4 is 0 Å². The second-order valence-electron chi connectivity index (χ2n) is 4.40. The second kappa shape index (κ2) is 3.82. The first-order chi connectivity index (χ1) is 6.45. The minimum atomic E-state index is -0.120. The van der Waals surface area contributed by atoms with E-state index >= 15 is 0 Å². The van der Waals surface area contributed by atoms with Crippen molar-refractivity contribution in [3.8, 4) is 0 Å². The first-order valence-corrected chi connectivity index (χ1v) is 4.64. The molecule has 78 valence electrons. The minimum Gasteiger partial charge on any atom is -0.411 e. The molecular weight excluding hydrogens is 178 g/mol. The van der Waals surface area contributed by atoms with Gasteiger partial charge in [0.05, 0.1) is 12.3 Å². The van der Waals surface area contributed by atoms with Gasteiger partial charge >= 0.3 is 0 Å². The third-order valence-electron chi connectivity index (χ3n) is 2.23. The van der Waals surface area contributed by atoms with E-state index in [1.165, 1.54) is 0 Å². The fraction of sp³-hybridized carbons (Fsp3) is 0.600. The van der Waals surface area contributed by atoms with Crippen molar-refractivity contribution >= 4 is 5.71 Å². The standard InChI is InChI=1S/C10H17N3O/c1-8-11-5-6-13(8)7-9(12-14)10(2,3)4/h5-6,14H,7H2,1-4H3. The van der Waals surface area contributed by atoms with Gasteiger partial charge < -0.3 is 9.77 Å². The smallest absolute Gasteiger partial charge is 0.105 e. The van der Waals surface area contributed by atoms with Crippen LogP contribution in [0.25, 0.3) is 0 Å². The summed E-state index contributed by atoms with van der Waals surface area (Å²) in [7, 11) is 0. The van der Waals surface area contributed by atoms with Crippen molar-refractivity contribution in [1.82, 2.24) is 9.55 Å². The van der Waals surface area contributed by atoms with Crippen LogP contribution in [0.5, 0.6) is 0 Å². The molecule has 0 unspecified atom stereocenters. The van der Waals surface area contributed by atoms with Crippen LogP contribution in [0.15, 0.2) is 17.5 Å². The normalized spacial score (nSPS) is 13.3. The fourth-order valence-corrected chi connectivity index (χ4v) is 1.15. The molecule has 0 saturated heterocycles. The Labute approximate surface area is 84.3 Å². The van der Waals surface area contributed by atoms with Crippen molar-refractivity contribution in [3.63, 3.8) is 0 Å². The van der Waals surface area contributed by atoms with Gasteiger partial charge in [-0.3, -0.25) is 0 Å². The number of aryl methyl sites for hydroxylation is 1. The van der Waals surface area contributed by atoms with Crippen LogP contribution in [-0.2, 0) is 6.54 Å². The van der Waals surface area contributed by atoms with Gasteiger partial charge in [-0.2, -0.15) is 0 Å². The Hall–Kier alpha value is -1.32. The van der Waals surface area contributed by atoms with Crippen molar-refractivity contribution in [2.75, 3.05) is 0 Å². The van der Waals surface area contributed by atoms with E-state index in [1.807, 2.05) is 38.5 Å². The Kier molecular flexibility index (Phi) is 2.93. The van der Waals surface area contributed by atoms with Crippen molar-refractivity contribution < 1.29 is 5.21 Å². The highest BCUT2D eigenvalue weighted by Gasteiger charge is 2.20. The lowest BCUT2D eigenvalue weighted by Gasteiger charge is -2.20. The average molecular weight is 195 g/mol. The first-order valence-electron chi connectivity index (χ1n) is 4.64. The lowest BCUT2D eigenvalue weighted by molar-refractivity contribution is 0.307. The van der Waals surface area contributed by atoms with Crippen molar-refractivity contribution in [3.05, 3.63) is 18.2 Å². The highest BCUT2D eigenvalue weighted by molar-refractivity contribution is 5.88. The molecule has 0 aromatic carbocycles. The summed E-state index contributed by atoms with van der Waals surface area (Å²) in [6.45, 7) is 8.58. The monoisotopic (exact) mass is 195 g/mol. The van der Waals surface area contributed by atoms with Gasteiger partial charge in [-0.1, -0.05) is 25.9 Å². The zero-order chi connectivity index (χ0) is 10.8. The SMILES string of the molecule is Cc1nccn1CC(=NO)C(C)(C)C. The summed E-state index contributed by atoms with van der Waals surface area (Å²) in [6.07, 6.45) is 3.62. The number of aromatic nitrogens is 2. The number of nitrogens with zero attached hydrogens (tertiary/aromatic N) is 3. The molecular formula is C10H17N3O. The van der Waals surface area contributed by atoms with Gasteiger partial charge in [0, 0.05) is 17.8 Å². The largest absolute Gasteiger partial charge is 0.411 e. The Morgan fingerprint density at radius 3 is 2.57 bits per heavy atom. The predicted molar refractivity (Wildman–Crippen MR) is 55.6 cm³/mol. The van der Waals surface area contributed by atoms with Crippen LogP contribution in [0.1, 0.15) is 26.6 Å². The lowest BCUT2D eigenvalue weighted by atomic mass is 9.90. The third-order valence-corrected chi connectivity index (χ3v) is 2.23. The van der Waals surface area contributed by atoms with E-state index in [9.17, 15) is 0 Å². The van der Waals surface area contributed by atoms with Gasteiger partial charge in [-0.05, 0) is 6.92 Å². The maximum absolute atomic E-state index is 8.91. The Morgan fingerprint density at radius 1 is 1.57 bits per heavy atom. The zero-order valence-electron chi connectivity index (χ0n) is 9.15. The predicted octanol–water partition coefficient (Wildman–Crippen LogP) is 2.07. The topological polar surface area (TPSA) is 50.4 Å². The molecule has 1 rings (SSSR count). The molecule has 1 heterocycles. The summed E-state index contributed by atoms with van der Waals surface area (Å²) in [5.41, 5.74) is 0.629. The number of oxime groups is 1. The molecule has 0 aliphatic carbocycles. The Bertz CT molecular complexity index is 333. The molecule has 0 bridgehead atoms. The maximum atomic E-state index is 8.91. The van der Waals surface area contributed by atoms with Gasteiger partial charge in [-0.15, -0.1) is 0 Å². The molecule has 0 fully saturated rings. The summed E-state index contributed by atoms with van der Waals surface area (Å²) >= 11 is 0. The molecule has 0 spiro atoms. The van der Waals surface area contributed by atoms with Crippen LogP contribution in [0, 0.1) is 12.3 Å². The highest BCUT2D eigenvalue weighted by Crippen LogP contribution is 2.17. The molecule has 1 aromatic rings. The molecule has 14 heavy (non-hydrogen) atoms. The summed E-state index contributed by atoms with van der Waals surface area (Å²) in [4.78, 5) is 4.11. The summed E-state index contributed by atoms with van der Waals surface area (Å²) in [5, 5.41) is 12.2. The fourth-order valence-electron chi connectivity index (χ4n) is 1.15. The average Bonchev–Trinajstić information content (AvgIpc) is 2.45. The van der Waals surface area contributed by atoms with Gasteiger partial charge in [0.25, 0.3) is 0 Å². The summed E-state index contributed by atoms with van der Waals surface area (Å²) in [5.74, 6) is 0.926. The summed E-state index contributed by atoms with van der Waals surface area (Å²) in [6, 6.07) is 0. The molecule has 1 N–H and O–H groups in total. The van der Waals surface area contributed by atoms with Gasteiger partial charge in [0.1, 0.15) is 5.82 Å². The van der Waals surface area contributed by atoms with Gasteiger partial charge in [0.15, 0.2) is 0 Å². The second-order valence-corrected chi connectivity index (χ2v) is 4.40. The lowest BCUT2D eigenvalue weighted by Crippen LogP contribution is -2.25.